The van der Waals surface area contributed by atoms with E-state index in [1.807, 2.05) is 6.92 Å². The van der Waals surface area contributed by atoms with Crippen LogP contribution in [-0.4, -0.2) is 11.8 Å². The molecule has 0 bridgehead atoms. The van der Waals surface area contributed by atoms with Gasteiger partial charge in [-0.1, -0.05) is 0 Å². The summed E-state index contributed by atoms with van der Waals surface area (Å²) in [6.45, 7) is 1.89. The zero-order valence-corrected chi connectivity index (χ0v) is 6.49. The van der Waals surface area contributed by atoms with Crippen molar-refractivity contribution in [3.8, 4) is 0 Å². The second kappa shape index (κ2) is 3.00. The van der Waals surface area contributed by atoms with Crippen molar-refractivity contribution in [3.63, 3.8) is 0 Å². The average Bonchev–Trinajstić information content (AvgIpc) is 2.10. The summed E-state index contributed by atoms with van der Waals surface area (Å²) in [5.41, 5.74) is 5.42. The van der Waals surface area contributed by atoms with E-state index in [1.165, 1.54) is 6.26 Å². The molecule has 1 aliphatic heterocycles. The first-order chi connectivity index (χ1) is 5.14. The van der Waals surface area contributed by atoms with Gasteiger partial charge in [0.1, 0.15) is 0 Å². The van der Waals surface area contributed by atoms with Gasteiger partial charge in [-0.2, -0.15) is 0 Å². The van der Waals surface area contributed by atoms with Crippen molar-refractivity contribution in [3.05, 3.63) is 17.2 Å². The van der Waals surface area contributed by atoms with Gasteiger partial charge >= 0.3 is 0 Å². The van der Waals surface area contributed by atoms with Gasteiger partial charge < -0.3 is 10.5 Å². The van der Waals surface area contributed by atoms with Crippen molar-refractivity contribution in [2.75, 3.05) is 0 Å². The molecule has 2 N–H and O–H groups in total. The summed E-state index contributed by atoms with van der Waals surface area (Å²) in [6, 6.07) is 0. The van der Waals surface area contributed by atoms with E-state index in [1.54, 1.807) is 6.08 Å². The lowest BCUT2D eigenvalue weighted by molar-refractivity contribution is 0.145. The SMILES string of the molecule is CC1(N)C=COC(N=O)CC1. The van der Waals surface area contributed by atoms with E-state index in [4.69, 9.17) is 10.5 Å². The first-order valence-corrected chi connectivity index (χ1v) is 3.58. The number of hydrogen-bond donors (Lipinski definition) is 1. The average molecular weight is 156 g/mol. The highest BCUT2D eigenvalue weighted by atomic mass is 16.5. The van der Waals surface area contributed by atoms with Crippen LogP contribution in [0.25, 0.3) is 0 Å². The number of nitrogens with zero attached hydrogens (tertiary/aromatic N) is 1. The fraction of sp³-hybridized carbons (Fsp3) is 0.714. The minimum atomic E-state index is -0.559. The van der Waals surface area contributed by atoms with Crippen LogP contribution in [0.5, 0.6) is 0 Å². The monoisotopic (exact) mass is 156 g/mol. The van der Waals surface area contributed by atoms with Crippen molar-refractivity contribution >= 4 is 0 Å². The van der Waals surface area contributed by atoms with E-state index in [0.29, 0.717) is 6.42 Å². The molecular weight excluding hydrogens is 144 g/mol. The maximum Gasteiger partial charge on any atom is 0.228 e. The van der Waals surface area contributed by atoms with Crippen LogP contribution < -0.4 is 5.73 Å². The van der Waals surface area contributed by atoms with Gasteiger partial charge in [-0.05, 0) is 24.6 Å². The second-order valence-corrected chi connectivity index (χ2v) is 3.04. The standard InChI is InChI=1S/C7H12N2O2/c1-7(8)3-2-6(9-10)11-5-4-7/h4-6H,2-3,8H2,1H3. The smallest absolute Gasteiger partial charge is 0.228 e. The fourth-order valence-electron chi connectivity index (χ4n) is 0.949. The normalized spacial score (nSPS) is 37.5. The summed E-state index contributed by atoms with van der Waals surface area (Å²) in [6.07, 6.45) is 3.96. The lowest BCUT2D eigenvalue weighted by atomic mass is 9.98. The van der Waals surface area contributed by atoms with Gasteiger partial charge in [0, 0.05) is 12.0 Å². The van der Waals surface area contributed by atoms with Crippen LogP contribution in [0.3, 0.4) is 0 Å². The molecule has 2 atom stereocenters. The van der Waals surface area contributed by atoms with Gasteiger partial charge in [0.15, 0.2) is 0 Å². The molecule has 0 amide bonds. The molecule has 0 radical (unpaired) electrons. The number of nitrogens with two attached hydrogens (primary N) is 1. The molecule has 0 saturated heterocycles. The molecule has 0 fully saturated rings. The van der Waals surface area contributed by atoms with Crippen molar-refractivity contribution in [1.29, 1.82) is 0 Å². The second-order valence-electron chi connectivity index (χ2n) is 3.04. The summed E-state index contributed by atoms with van der Waals surface area (Å²) in [4.78, 5) is 10.1. The fourth-order valence-corrected chi connectivity index (χ4v) is 0.949. The quantitative estimate of drug-likeness (QED) is 0.578. The third kappa shape index (κ3) is 2.31. The van der Waals surface area contributed by atoms with E-state index in [2.05, 4.69) is 5.18 Å². The predicted molar refractivity (Wildman–Crippen MR) is 41.6 cm³/mol. The van der Waals surface area contributed by atoms with Crippen LogP contribution in [-0.2, 0) is 4.74 Å². The Kier molecular flexibility index (Phi) is 2.24. The Morgan fingerprint density at radius 2 is 2.55 bits per heavy atom. The number of hydrogen-bond acceptors (Lipinski definition) is 4. The highest BCUT2D eigenvalue weighted by molar-refractivity contribution is 5.01. The number of ether oxygens (including phenoxy) is 1. The Labute approximate surface area is 65.4 Å². The van der Waals surface area contributed by atoms with Crippen LogP contribution in [0.15, 0.2) is 17.5 Å². The van der Waals surface area contributed by atoms with E-state index in [-0.39, 0.29) is 5.54 Å². The third-order valence-corrected chi connectivity index (χ3v) is 1.73. The van der Waals surface area contributed by atoms with Gasteiger partial charge in [-0.3, -0.25) is 0 Å². The van der Waals surface area contributed by atoms with Crippen LogP contribution in [0.1, 0.15) is 19.8 Å². The summed E-state index contributed by atoms with van der Waals surface area (Å²) >= 11 is 0. The van der Waals surface area contributed by atoms with Crippen molar-refractivity contribution < 1.29 is 4.74 Å². The summed E-state index contributed by atoms with van der Waals surface area (Å²) in [7, 11) is 0. The Morgan fingerprint density at radius 1 is 1.82 bits per heavy atom. The summed E-state index contributed by atoms with van der Waals surface area (Å²) in [5, 5.41) is 2.79. The van der Waals surface area contributed by atoms with Gasteiger partial charge in [-0.25, -0.2) is 0 Å². The van der Waals surface area contributed by atoms with Gasteiger partial charge in [0.25, 0.3) is 0 Å². The van der Waals surface area contributed by atoms with Crippen molar-refractivity contribution in [2.24, 2.45) is 10.9 Å². The van der Waals surface area contributed by atoms with Crippen molar-refractivity contribution in [2.45, 2.75) is 31.5 Å². The van der Waals surface area contributed by atoms with Crippen LogP contribution in [0, 0.1) is 4.91 Å². The summed E-state index contributed by atoms with van der Waals surface area (Å²) < 4.78 is 4.95. The van der Waals surface area contributed by atoms with Crippen LogP contribution >= 0.6 is 0 Å². The lowest BCUT2D eigenvalue weighted by Crippen LogP contribution is -2.33. The first-order valence-electron chi connectivity index (χ1n) is 3.58. The number of nitroso groups, excluding NO2 is 1. The Morgan fingerprint density at radius 3 is 3.18 bits per heavy atom. The maximum absolute atomic E-state index is 10.1. The van der Waals surface area contributed by atoms with E-state index in [0.717, 1.165) is 6.42 Å². The molecule has 4 nitrogen and oxygen atoms in total. The molecule has 1 heterocycles. The van der Waals surface area contributed by atoms with Crippen LogP contribution in [0.4, 0.5) is 0 Å². The molecule has 1 aliphatic rings. The minimum Gasteiger partial charge on any atom is -0.473 e. The van der Waals surface area contributed by atoms with Gasteiger partial charge in [0.05, 0.1) is 6.26 Å². The highest BCUT2D eigenvalue weighted by Gasteiger charge is 2.21. The molecule has 62 valence electrons. The molecule has 2 unspecified atom stereocenters. The number of rotatable bonds is 1. The molecule has 0 aromatic carbocycles. The van der Waals surface area contributed by atoms with E-state index in [9.17, 15) is 4.91 Å². The molecular formula is C7H12N2O2. The molecule has 4 heteroatoms. The molecule has 0 spiro atoms. The molecule has 0 aromatic heterocycles. The van der Waals surface area contributed by atoms with Crippen molar-refractivity contribution in [1.82, 2.24) is 0 Å². The summed E-state index contributed by atoms with van der Waals surface area (Å²) in [5.74, 6) is 0. The molecule has 0 aliphatic carbocycles. The van der Waals surface area contributed by atoms with Gasteiger partial charge in [0.2, 0.25) is 6.23 Å². The predicted octanol–water partition coefficient (Wildman–Crippen LogP) is 1.12. The first kappa shape index (κ1) is 8.20. The molecule has 0 saturated carbocycles. The molecule has 0 aromatic rings. The Bertz CT molecular complexity index is 177. The molecule has 1 rings (SSSR count). The Hall–Kier alpha value is -0.900. The van der Waals surface area contributed by atoms with Gasteiger partial charge in [-0.15, -0.1) is 4.91 Å². The lowest BCUT2D eigenvalue weighted by Gasteiger charge is -2.16. The maximum atomic E-state index is 10.1. The zero-order valence-electron chi connectivity index (χ0n) is 6.49. The van der Waals surface area contributed by atoms with E-state index >= 15 is 0 Å². The van der Waals surface area contributed by atoms with Crippen LogP contribution in [0.2, 0.25) is 0 Å². The van der Waals surface area contributed by atoms with E-state index < -0.39 is 6.23 Å². The highest BCUT2D eigenvalue weighted by Crippen LogP contribution is 2.18. The molecule has 11 heavy (non-hydrogen) atoms. The third-order valence-electron chi connectivity index (χ3n) is 1.73. The minimum absolute atomic E-state index is 0.362. The zero-order chi connectivity index (χ0) is 8.32. The topological polar surface area (TPSA) is 64.7 Å². The largest absolute Gasteiger partial charge is 0.473 e. The Balaban J connectivity index is 2.57.